The maximum atomic E-state index is 5.61. The summed E-state index contributed by atoms with van der Waals surface area (Å²) >= 11 is 0. The summed E-state index contributed by atoms with van der Waals surface area (Å²) < 4.78 is 5.08. The molecule has 0 bridgehead atoms. The van der Waals surface area contributed by atoms with Crippen molar-refractivity contribution in [3.05, 3.63) is 53.6 Å². The fourth-order valence-corrected chi connectivity index (χ4v) is 1.69. The first-order valence-corrected chi connectivity index (χ1v) is 5.84. The van der Waals surface area contributed by atoms with Crippen LogP contribution in [0.15, 0.2) is 42.5 Å². The Bertz CT molecular complexity index is 466. The molecule has 18 heavy (non-hydrogen) atoms. The lowest BCUT2D eigenvalue weighted by Gasteiger charge is -2.08. The minimum atomic E-state index is 0.561. The Hall–Kier alpha value is -2.07. The third kappa shape index (κ3) is 3.21. The van der Waals surface area contributed by atoms with E-state index >= 15 is 0 Å². The van der Waals surface area contributed by atoms with E-state index < -0.39 is 0 Å². The van der Waals surface area contributed by atoms with Gasteiger partial charge in [0.05, 0.1) is 7.11 Å². The molecule has 0 saturated heterocycles. The van der Waals surface area contributed by atoms with Gasteiger partial charge in [-0.3, -0.25) is 0 Å². The quantitative estimate of drug-likeness (QED) is 0.844. The van der Waals surface area contributed by atoms with Gasteiger partial charge in [-0.2, -0.15) is 4.98 Å². The monoisotopic (exact) mass is 243 g/mol. The molecule has 0 aliphatic rings. The van der Waals surface area contributed by atoms with Gasteiger partial charge < -0.3 is 15.8 Å². The Morgan fingerprint density at radius 2 is 1.94 bits per heavy atom. The lowest BCUT2D eigenvalue weighted by atomic mass is 10.1. The number of anilines is 1. The van der Waals surface area contributed by atoms with Gasteiger partial charge in [0.15, 0.2) is 0 Å². The van der Waals surface area contributed by atoms with E-state index in [1.54, 1.807) is 7.11 Å². The predicted octanol–water partition coefficient (Wildman–Crippen LogP) is 2.16. The van der Waals surface area contributed by atoms with Crippen LogP contribution in [0.25, 0.3) is 0 Å². The zero-order valence-electron chi connectivity index (χ0n) is 10.4. The second kappa shape index (κ2) is 6.02. The number of benzene rings is 1. The van der Waals surface area contributed by atoms with Crippen LogP contribution < -0.4 is 15.8 Å². The van der Waals surface area contributed by atoms with Crippen LogP contribution in [0.3, 0.4) is 0 Å². The summed E-state index contributed by atoms with van der Waals surface area (Å²) in [6.45, 7) is 1.28. The molecule has 4 heteroatoms. The highest BCUT2D eigenvalue weighted by atomic mass is 16.5. The molecule has 0 spiro atoms. The second-order valence-corrected chi connectivity index (χ2v) is 3.94. The molecule has 94 valence electrons. The number of pyridine rings is 1. The Morgan fingerprint density at radius 1 is 1.17 bits per heavy atom. The molecular weight excluding hydrogens is 226 g/mol. The van der Waals surface area contributed by atoms with Gasteiger partial charge in [-0.25, -0.2) is 0 Å². The fraction of sp³-hybridized carbons (Fsp3) is 0.214. The van der Waals surface area contributed by atoms with Crippen LogP contribution in [0, 0.1) is 0 Å². The largest absolute Gasteiger partial charge is 0.481 e. The van der Waals surface area contributed by atoms with Crippen molar-refractivity contribution < 1.29 is 4.74 Å². The van der Waals surface area contributed by atoms with Gasteiger partial charge in [-0.05, 0) is 17.2 Å². The van der Waals surface area contributed by atoms with Crippen molar-refractivity contribution >= 4 is 5.82 Å². The zero-order valence-corrected chi connectivity index (χ0v) is 10.4. The minimum Gasteiger partial charge on any atom is -0.481 e. The Kier molecular flexibility index (Phi) is 4.15. The van der Waals surface area contributed by atoms with Crippen molar-refractivity contribution in [3.63, 3.8) is 0 Å². The first kappa shape index (κ1) is 12.4. The van der Waals surface area contributed by atoms with Crippen molar-refractivity contribution in [2.75, 3.05) is 12.4 Å². The Balaban J connectivity index is 2.01. The molecule has 4 nitrogen and oxygen atoms in total. The van der Waals surface area contributed by atoms with Crippen LogP contribution in [0.2, 0.25) is 0 Å². The topological polar surface area (TPSA) is 60.2 Å². The van der Waals surface area contributed by atoms with Crippen LogP contribution in [0.4, 0.5) is 5.82 Å². The van der Waals surface area contributed by atoms with Crippen LogP contribution in [0.5, 0.6) is 5.88 Å². The first-order valence-electron chi connectivity index (χ1n) is 5.84. The maximum absolute atomic E-state index is 5.61. The average Bonchev–Trinajstić information content (AvgIpc) is 2.45. The zero-order chi connectivity index (χ0) is 12.8. The Labute approximate surface area is 107 Å². The lowest BCUT2D eigenvalue weighted by Crippen LogP contribution is -2.03. The molecule has 2 aromatic rings. The second-order valence-electron chi connectivity index (χ2n) is 3.94. The first-order chi connectivity index (χ1) is 8.81. The predicted molar refractivity (Wildman–Crippen MR) is 72.4 cm³/mol. The van der Waals surface area contributed by atoms with Crippen LogP contribution in [0.1, 0.15) is 11.1 Å². The molecule has 3 N–H and O–H groups in total. The average molecular weight is 243 g/mol. The van der Waals surface area contributed by atoms with E-state index in [-0.39, 0.29) is 0 Å². The summed E-state index contributed by atoms with van der Waals surface area (Å²) in [7, 11) is 1.61. The number of methoxy groups -OCH3 is 1. The van der Waals surface area contributed by atoms with E-state index in [0.29, 0.717) is 19.0 Å². The number of aromatic nitrogens is 1. The van der Waals surface area contributed by atoms with Crippen molar-refractivity contribution in [2.24, 2.45) is 5.73 Å². The molecule has 0 atom stereocenters. The van der Waals surface area contributed by atoms with Gasteiger partial charge in [0.25, 0.3) is 0 Å². The van der Waals surface area contributed by atoms with Crippen molar-refractivity contribution in [3.8, 4) is 5.88 Å². The summed E-state index contributed by atoms with van der Waals surface area (Å²) in [4.78, 5) is 4.29. The summed E-state index contributed by atoms with van der Waals surface area (Å²) in [6, 6.07) is 13.8. The summed E-state index contributed by atoms with van der Waals surface area (Å²) in [5.74, 6) is 1.41. The van der Waals surface area contributed by atoms with Gasteiger partial charge in [0.1, 0.15) is 5.82 Å². The van der Waals surface area contributed by atoms with E-state index in [4.69, 9.17) is 10.5 Å². The molecule has 0 amide bonds. The maximum Gasteiger partial charge on any atom is 0.214 e. The molecule has 0 unspecified atom stereocenters. The number of nitrogens with one attached hydrogen (secondary N) is 1. The Morgan fingerprint density at radius 3 is 2.72 bits per heavy atom. The molecule has 0 aliphatic carbocycles. The highest BCUT2D eigenvalue weighted by Gasteiger charge is 1.98. The number of hydrogen-bond donors (Lipinski definition) is 2. The van der Waals surface area contributed by atoms with Crippen molar-refractivity contribution in [2.45, 2.75) is 13.1 Å². The highest BCUT2D eigenvalue weighted by Crippen LogP contribution is 2.12. The lowest BCUT2D eigenvalue weighted by molar-refractivity contribution is 0.398. The molecule has 0 fully saturated rings. The summed E-state index contributed by atoms with van der Waals surface area (Å²) in [6.07, 6.45) is 0. The smallest absolute Gasteiger partial charge is 0.214 e. The summed E-state index contributed by atoms with van der Waals surface area (Å²) in [5.41, 5.74) is 7.93. The molecule has 0 aliphatic heterocycles. The number of nitrogens with zero attached hydrogens (tertiary/aromatic N) is 1. The molecule has 0 radical (unpaired) electrons. The molecular formula is C14H17N3O. The van der Waals surface area contributed by atoms with Gasteiger partial charge >= 0.3 is 0 Å². The van der Waals surface area contributed by atoms with E-state index in [9.17, 15) is 0 Å². The number of nitrogens with two attached hydrogens (primary N) is 1. The standard InChI is InChI=1S/C14H17N3O/c1-18-14-7-3-6-13(17-14)16-10-12-5-2-4-11(8-12)9-15/h2-8H,9-10,15H2,1H3,(H,16,17). The number of ether oxygens (including phenoxy) is 1. The van der Waals surface area contributed by atoms with Crippen molar-refractivity contribution in [1.29, 1.82) is 0 Å². The molecule has 2 rings (SSSR count). The third-order valence-corrected chi connectivity index (χ3v) is 2.63. The van der Waals surface area contributed by atoms with Gasteiger partial charge in [-0.1, -0.05) is 30.3 Å². The summed E-state index contributed by atoms with van der Waals surface area (Å²) in [5, 5.41) is 3.26. The normalized spacial score (nSPS) is 10.1. The van der Waals surface area contributed by atoms with Crippen LogP contribution in [-0.4, -0.2) is 12.1 Å². The van der Waals surface area contributed by atoms with Gasteiger partial charge in [0, 0.05) is 19.2 Å². The molecule has 1 aromatic carbocycles. The van der Waals surface area contributed by atoms with Gasteiger partial charge in [-0.15, -0.1) is 0 Å². The van der Waals surface area contributed by atoms with E-state index in [0.717, 1.165) is 11.4 Å². The highest BCUT2D eigenvalue weighted by molar-refractivity contribution is 5.38. The van der Waals surface area contributed by atoms with Crippen LogP contribution >= 0.6 is 0 Å². The van der Waals surface area contributed by atoms with E-state index in [2.05, 4.69) is 22.4 Å². The van der Waals surface area contributed by atoms with E-state index in [1.165, 1.54) is 5.56 Å². The SMILES string of the molecule is COc1cccc(NCc2cccc(CN)c2)n1. The van der Waals surface area contributed by atoms with E-state index in [1.807, 2.05) is 30.3 Å². The van der Waals surface area contributed by atoms with Crippen LogP contribution in [-0.2, 0) is 13.1 Å². The van der Waals surface area contributed by atoms with Crippen molar-refractivity contribution in [1.82, 2.24) is 4.98 Å². The number of rotatable bonds is 5. The van der Waals surface area contributed by atoms with Gasteiger partial charge in [0.2, 0.25) is 5.88 Å². The molecule has 1 heterocycles. The minimum absolute atomic E-state index is 0.561. The molecule has 0 saturated carbocycles. The number of hydrogen-bond acceptors (Lipinski definition) is 4. The fourth-order valence-electron chi connectivity index (χ4n) is 1.69. The molecule has 1 aromatic heterocycles. The third-order valence-electron chi connectivity index (χ3n) is 2.63.